The predicted molar refractivity (Wildman–Crippen MR) is 100 cm³/mol. The maximum absolute atomic E-state index is 12.5. The quantitative estimate of drug-likeness (QED) is 0.805. The van der Waals surface area contributed by atoms with E-state index in [9.17, 15) is 8.42 Å². The van der Waals surface area contributed by atoms with Crippen molar-refractivity contribution in [3.05, 3.63) is 34.8 Å². The molecule has 1 aromatic heterocycles. The number of nitrogens with zero attached hydrogens (tertiary/aromatic N) is 2. The number of thiazole rings is 1. The molecule has 1 aromatic carbocycles. The van der Waals surface area contributed by atoms with Crippen molar-refractivity contribution in [3.8, 4) is 5.75 Å². The summed E-state index contributed by atoms with van der Waals surface area (Å²) in [6, 6.07) is 4.46. The van der Waals surface area contributed by atoms with Gasteiger partial charge in [0.25, 0.3) is 0 Å². The number of aromatic nitrogens is 1. The van der Waals surface area contributed by atoms with Crippen LogP contribution in [0.1, 0.15) is 12.8 Å². The van der Waals surface area contributed by atoms with Crippen molar-refractivity contribution in [3.63, 3.8) is 0 Å². The van der Waals surface area contributed by atoms with Crippen molar-refractivity contribution >= 4 is 38.1 Å². The fourth-order valence-corrected chi connectivity index (χ4v) is 5.05. The van der Waals surface area contributed by atoms with Crippen molar-refractivity contribution in [2.24, 2.45) is 5.92 Å². The number of hydrogen-bond donors (Lipinski definition) is 1. The number of hydrogen-bond acceptors (Lipinski definition) is 6. The van der Waals surface area contributed by atoms with Crippen LogP contribution in [0.2, 0.25) is 5.02 Å². The third-order valence-electron chi connectivity index (χ3n) is 4.20. The van der Waals surface area contributed by atoms with Gasteiger partial charge in [-0.15, -0.1) is 11.3 Å². The average Bonchev–Trinajstić information content (AvgIpc) is 3.15. The molecule has 0 radical (unpaired) electrons. The zero-order chi connectivity index (χ0) is 17.9. The summed E-state index contributed by atoms with van der Waals surface area (Å²) in [6.07, 6.45) is 3.81. The first-order valence-electron chi connectivity index (χ1n) is 7.97. The van der Waals surface area contributed by atoms with E-state index in [2.05, 4.69) is 14.6 Å². The van der Waals surface area contributed by atoms with Gasteiger partial charge in [0.1, 0.15) is 5.75 Å². The number of anilines is 1. The number of nitrogens with one attached hydrogen (secondary N) is 1. The minimum absolute atomic E-state index is 0.144. The molecule has 1 aliphatic heterocycles. The highest BCUT2D eigenvalue weighted by Crippen LogP contribution is 2.27. The molecule has 2 aromatic rings. The third kappa shape index (κ3) is 4.44. The maximum atomic E-state index is 12.5. The van der Waals surface area contributed by atoms with E-state index >= 15 is 0 Å². The fraction of sp³-hybridized carbons (Fsp3) is 0.438. The molecule has 1 fully saturated rings. The number of benzene rings is 1. The summed E-state index contributed by atoms with van der Waals surface area (Å²) in [5.41, 5.74) is 0. The molecule has 0 aliphatic carbocycles. The van der Waals surface area contributed by atoms with E-state index in [-0.39, 0.29) is 15.8 Å². The van der Waals surface area contributed by atoms with E-state index in [1.165, 1.54) is 19.2 Å². The lowest BCUT2D eigenvalue weighted by atomic mass is 9.99. The maximum Gasteiger partial charge on any atom is 0.240 e. The van der Waals surface area contributed by atoms with Crippen LogP contribution >= 0.6 is 22.9 Å². The number of ether oxygens (including phenoxy) is 1. The lowest BCUT2D eigenvalue weighted by molar-refractivity contribution is 0.410. The van der Waals surface area contributed by atoms with Crippen LogP contribution in [0.25, 0.3) is 0 Å². The Balaban J connectivity index is 1.63. The van der Waals surface area contributed by atoms with Crippen LogP contribution in [-0.2, 0) is 10.0 Å². The highest BCUT2D eigenvalue weighted by molar-refractivity contribution is 7.89. The van der Waals surface area contributed by atoms with Crippen LogP contribution in [0.4, 0.5) is 5.13 Å². The molecule has 0 amide bonds. The fourth-order valence-electron chi connectivity index (χ4n) is 2.90. The van der Waals surface area contributed by atoms with Gasteiger partial charge in [-0.2, -0.15) is 0 Å². The number of sulfonamides is 1. The summed E-state index contributed by atoms with van der Waals surface area (Å²) in [7, 11) is -2.11. The van der Waals surface area contributed by atoms with E-state index in [1.807, 2.05) is 5.38 Å². The number of halogens is 1. The van der Waals surface area contributed by atoms with Gasteiger partial charge in [-0.1, -0.05) is 11.6 Å². The molecule has 0 bridgehead atoms. The largest absolute Gasteiger partial charge is 0.495 e. The van der Waals surface area contributed by atoms with Gasteiger partial charge in [0.15, 0.2) is 5.13 Å². The van der Waals surface area contributed by atoms with Crippen molar-refractivity contribution in [2.75, 3.05) is 31.6 Å². The van der Waals surface area contributed by atoms with Crippen molar-refractivity contribution in [2.45, 2.75) is 17.7 Å². The second-order valence-corrected chi connectivity index (χ2v) is 8.96. The van der Waals surface area contributed by atoms with Crippen LogP contribution in [0.15, 0.2) is 34.7 Å². The molecule has 136 valence electrons. The molecule has 1 unspecified atom stereocenters. The first-order chi connectivity index (χ1) is 12.0. The Hall–Kier alpha value is -1.35. The molecular formula is C16H20ClN3O3S2. The monoisotopic (exact) mass is 401 g/mol. The Morgan fingerprint density at radius 2 is 2.32 bits per heavy atom. The molecule has 3 rings (SSSR count). The second-order valence-electron chi connectivity index (χ2n) is 5.92. The first kappa shape index (κ1) is 18.4. The van der Waals surface area contributed by atoms with Gasteiger partial charge in [-0.3, -0.25) is 0 Å². The zero-order valence-corrected chi connectivity index (χ0v) is 16.2. The van der Waals surface area contributed by atoms with Gasteiger partial charge in [0, 0.05) is 31.2 Å². The smallest absolute Gasteiger partial charge is 0.240 e. The van der Waals surface area contributed by atoms with Crippen LogP contribution in [-0.4, -0.2) is 40.1 Å². The van der Waals surface area contributed by atoms with Gasteiger partial charge in [0.2, 0.25) is 10.0 Å². The van der Waals surface area contributed by atoms with E-state index < -0.39 is 10.0 Å². The highest BCUT2D eigenvalue weighted by Gasteiger charge is 2.24. The Morgan fingerprint density at radius 3 is 3.00 bits per heavy atom. The van der Waals surface area contributed by atoms with Gasteiger partial charge >= 0.3 is 0 Å². The van der Waals surface area contributed by atoms with E-state index in [0.29, 0.717) is 12.3 Å². The molecule has 2 heterocycles. The summed E-state index contributed by atoms with van der Waals surface area (Å²) in [5, 5.41) is 3.22. The SMILES string of the molecule is COc1ccc(S(=O)(=O)NCC2CCCN(c3nccs3)C2)cc1Cl. The van der Waals surface area contributed by atoms with Gasteiger partial charge in [-0.05, 0) is 37.0 Å². The van der Waals surface area contributed by atoms with E-state index in [0.717, 1.165) is 31.1 Å². The Bertz CT molecular complexity index is 812. The number of methoxy groups -OCH3 is 1. The van der Waals surface area contributed by atoms with Crippen molar-refractivity contribution < 1.29 is 13.2 Å². The molecule has 9 heteroatoms. The molecule has 1 atom stereocenters. The molecule has 1 aliphatic rings. The topological polar surface area (TPSA) is 71.5 Å². The summed E-state index contributed by atoms with van der Waals surface area (Å²) < 4.78 is 32.8. The Kier molecular flexibility index (Phi) is 5.83. The summed E-state index contributed by atoms with van der Waals surface area (Å²) in [6.45, 7) is 2.16. The van der Waals surface area contributed by atoms with Crippen LogP contribution in [0.3, 0.4) is 0 Å². The minimum atomic E-state index is -3.60. The zero-order valence-electron chi connectivity index (χ0n) is 13.8. The summed E-state index contributed by atoms with van der Waals surface area (Å²) in [4.78, 5) is 6.70. The van der Waals surface area contributed by atoms with Gasteiger partial charge < -0.3 is 9.64 Å². The second kappa shape index (κ2) is 7.90. The van der Waals surface area contributed by atoms with E-state index in [4.69, 9.17) is 16.3 Å². The van der Waals surface area contributed by atoms with Gasteiger partial charge in [-0.25, -0.2) is 18.1 Å². The standard InChI is InChI=1S/C16H20ClN3O3S2/c1-23-15-5-4-13(9-14(15)17)25(21,22)19-10-12-3-2-7-20(11-12)16-18-6-8-24-16/h4-6,8-9,12,19H,2-3,7,10-11H2,1H3. The van der Waals surface area contributed by atoms with Crippen molar-refractivity contribution in [1.29, 1.82) is 0 Å². The normalized spacial score (nSPS) is 18.3. The number of piperidine rings is 1. The molecule has 6 nitrogen and oxygen atoms in total. The van der Waals surface area contributed by atoms with Crippen molar-refractivity contribution in [1.82, 2.24) is 9.71 Å². The predicted octanol–water partition coefficient (Wildman–Crippen LogP) is 3.00. The number of rotatable bonds is 6. The first-order valence-corrected chi connectivity index (χ1v) is 10.7. The summed E-state index contributed by atoms with van der Waals surface area (Å²) >= 11 is 7.64. The third-order valence-corrected chi connectivity index (χ3v) is 6.75. The van der Waals surface area contributed by atoms with E-state index in [1.54, 1.807) is 23.6 Å². The minimum Gasteiger partial charge on any atom is -0.495 e. The molecule has 0 saturated carbocycles. The molecule has 25 heavy (non-hydrogen) atoms. The average molecular weight is 402 g/mol. The Labute approximate surface area is 156 Å². The molecule has 1 N–H and O–H groups in total. The van der Waals surface area contributed by atoms with Crippen LogP contribution < -0.4 is 14.4 Å². The van der Waals surface area contributed by atoms with Crippen LogP contribution in [0, 0.1) is 5.92 Å². The highest BCUT2D eigenvalue weighted by atomic mass is 35.5. The lowest BCUT2D eigenvalue weighted by Crippen LogP contribution is -2.41. The Morgan fingerprint density at radius 1 is 1.48 bits per heavy atom. The molecule has 1 saturated heterocycles. The lowest BCUT2D eigenvalue weighted by Gasteiger charge is -2.32. The molecule has 0 spiro atoms. The van der Waals surface area contributed by atoms with Gasteiger partial charge in [0.05, 0.1) is 17.0 Å². The summed E-state index contributed by atoms with van der Waals surface area (Å²) in [5.74, 6) is 0.702. The van der Waals surface area contributed by atoms with Crippen LogP contribution in [0.5, 0.6) is 5.75 Å². The molecular weight excluding hydrogens is 382 g/mol.